The molecule has 1 saturated heterocycles. The first-order chi connectivity index (χ1) is 10.4. The summed E-state index contributed by atoms with van der Waals surface area (Å²) in [5.41, 5.74) is 3.37. The minimum absolute atomic E-state index is 0. The number of fused-ring (bicyclic) bond motifs is 1. The minimum Gasteiger partial charge on any atom is -0.359 e. The van der Waals surface area contributed by atoms with E-state index in [4.69, 9.17) is 4.98 Å². The highest BCUT2D eigenvalue weighted by molar-refractivity contribution is 5.85. The second kappa shape index (κ2) is 6.46. The van der Waals surface area contributed by atoms with E-state index in [1.165, 1.54) is 5.56 Å². The van der Waals surface area contributed by atoms with Gasteiger partial charge in [-0.1, -0.05) is 30.3 Å². The van der Waals surface area contributed by atoms with Crippen LogP contribution in [0.15, 0.2) is 48.8 Å². The molecule has 0 radical (unpaired) electrons. The second-order valence-corrected chi connectivity index (χ2v) is 5.64. The highest BCUT2D eigenvalue weighted by atomic mass is 35.5. The monoisotopic (exact) mass is 314 g/mol. The third-order valence-corrected chi connectivity index (χ3v) is 4.29. The zero-order valence-corrected chi connectivity index (χ0v) is 13.0. The van der Waals surface area contributed by atoms with Crippen molar-refractivity contribution in [3.05, 3.63) is 60.2 Å². The second-order valence-electron chi connectivity index (χ2n) is 5.64. The predicted molar refractivity (Wildman–Crippen MR) is 90.3 cm³/mol. The lowest BCUT2D eigenvalue weighted by atomic mass is 9.88. The Morgan fingerprint density at radius 2 is 1.95 bits per heavy atom. The molecule has 2 aromatic heterocycles. The first-order valence-electron chi connectivity index (χ1n) is 7.48. The van der Waals surface area contributed by atoms with Gasteiger partial charge in [0.15, 0.2) is 0 Å². The Morgan fingerprint density at radius 1 is 1.09 bits per heavy atom. The normalized spacial score (nSPS) is 21.5. The van der Waals surface area contributed by atoms with Crippen LogP contribution >= 0.6 is 12.4 Å². The molecule has 0 saturated carbocycles. The van der Waals surface area contributed by atoms with Crippen molar-refractivity contribution in [3.8, 4) is 0 Å². The van der Waals surface area contributed by atoms with E-state index in [1.54, 1.807) is 0 Å². The van der Waals surface area contributed by atoms with Crippen molar-refractivity contribution in [3.63, 3.8) is 0 Å². The highest BCUT2D eigenvalue weighted by Crippen LogP contribution is 2.32. The van der Waals surface area contributed by atoms with Gasteiger partial charge in [-0.2, -0.15) is 0 Å². The van der Waals surface area contributed by atoms with Crippen LogP contribution < -0.4 is 5.32 Å². The number of hydrogen-bond donors (Lipinski definition) is 2. The number of aromatic amines is 1. The molecule has 5 heteroatoms. The molecule has 2 unspecified atom stereocenters. The molecule has 114 valence electrons. The van der Waals surface area contributed by atoms with E-state index in [9.17, 15) is 0 Å². The number of halogens is 1. The van der Waals surface area contributed by atoms with Crippen LogP contribution in [0.25, 0.3) is 11.0 Å². The van der Waals surface area contributed by atoms with Crippen LogP contribution in [0.3, 0.4) is 0 Å². The molecule has 4 nitrogen and oxygen atoms in total. The van der Waals surface area contributed by atoms with Gasteiger partial charge in [0.1, 0.15) is 5.82 Å². The Kier molecular flexibility index (Phi) is 4.41. The van der Waals surface area contributed by atoms with E-state index >= 15 is 0 Å². The number of H-pyrrole nitrogens is 1. The lowest BCUT2D eigenvalue weighted by Gasteiger charge is -2.29. The number of nitrogens with zero attached hydrogens (tertiary/aromatic N) is 2. The first kappa shape index (κ1) is 15.0. The topological polar surface area (TPSA) is 53.6 Å². The van der Waals surface area contributed by atoms with E-state index in [-0.39, 0.29) is 12.4 Å². The summed E-state index contributed by atoms with van der Waals surface area (Å²) in [6, 6.07) is 13.1. The Bertz CT molecular complexity index is 741. The molecule has 1 aliphatic heterocycles. The molecule has 1 fully saturated rings. The fourth-order valence-electron chi connectivity index (χ4n) is 3.15. The summed E-state index contributed by atoms with van der Waals surface area (Å²) >= 11 is 0. The van der Waals surface area contributed by atoms with E-state index in [0.29, 0.717) is 12.0 Å². The van der Waals surface area contributed by atoms with Crippen LogP contribution in [-0.4, -0.2) is 21.5 Å². The van der Waals surface area contributed by atoms with Gasteiger partial charge in [0.2, 0.25) is 0 Å². The number of benzene rings is 1. The van der Waals surface area contributed by atoms with Crippen LogP contribution in [0, 0.1) is 0 Å². The van der Waals surface area contributed by atoms with Gasteiger partial charge in [-0.3, -0.25) is 0 Å². The lowest BCUT2D eigenvalue weighted by molar-refractivity contribution is 0.360. The average molecular weight is 315 g/mol. The van der Waals surface area contributed by atoms with E-state index in [2.05, 4.69) is 45.6 Å². The summed E-state index contributed by atoms with van der Waals surface area (Å²) in [5.74, 6) is 1.40. The summed E-state index contributed by atoms with van der Waals surface area (Å²) < 4.78 is 0. The van der Waals surface area contributed by atoms with Crippen molar-refractivity contribution in [1.29, 1.82) is 0 Å². The van der Waals surface area contributed by atoms with Crippen LogP contribution in [0.2, 0.25) is 0 Å². The molecule has 1 aliphatic rings. The number of nitrogens with one attached hydrogen (secondary N) is 2. The van der Waals surface area contributed by atoms with Gasteiger partial charge in [-0.25, -0.2) is 9.97 Å². The largest absolute Gasteiger partial charge is 0.359 e. The molecule has 0 bridgehead atoms. The third-order valence-electron chi connectivity index (χ3n) is 4.29. The molecular formula is C17H19ClN4. The van der Waals surface area contributed by atoms with Gasteiger partial charge in [0.25, 0.3) is 0 Å². The molecule has 1 aromatic carbocycles. The Morgan fingerprint density at radius 3 is 2.82 bits per heavy atom. The lowest BCUT2D eigenvalue weighted by Crippen LogP contribution is -2.31. The smallest absolute Gasteiger partial charge is 0.132 e. The number of aromatic nitrogens is 3. The van der Waals surface area contributed by atoms with Gasteiger partial charge >= 0.3 is 0 Å². The van der Waals surface area contributed by atoms with Crippen molar-refractivity contribution in [2.75, 3.05) is 6.54 Å². The number of rotatable bonds is 2. The van der Waals surface area contributed by atoms with E-state index < -0.39 is 0 Å². The molecule has 3 aromatic rings. The molecule has 4 rings (SSSR count). The van der Waals surface area contributed by atoms with Gasteiger partial charge in [0.05, 0.1) is 17.2 Å². The molecule has 0 aliphatic carbocycles. The fraction of sp³-hybridized carbons (Fsp3) is 0.294. The summed E-state index contributed by atoms with van der Waals surface area (Å²) in [7, 11) is 0. The zero-order valence-electron chi connectivity index (χ0n) is 12.2. The standard InChI is InChI=1S/C17H18N4.ClH/c1-2-4-12(5-3-1)15-10-13(6-8-18-15)17-20-11-16-14(21-17)7-9-19-16;/h1-5,7,9,11,13,15,18-19H,6,8,10H2;1H. The van der Waals surface area contributed by atoms with E-state index in [1.807, 2.05) is 18.5 Å². The maximum absolute atomic E-state index is 4.72. The van der Waals surface area contributed by atoms with Gasteiger partial charge in [-0.05, 0) is 31.0 Å². The summed E-state index contributed by atoms with van der Waals surface area (Å²) in [4.78, 5) is 12.4. The van der Waals surface area contributed by atoms with Crippen LogP contribution in [0.1, 0.15) is 36.2 Å². The third kappa shape index (κ3) is 2.85. The molecule has 0 amide bonds. The molecule has 22 heavy (non-hydrogen) atoms. The number of piperidine rings is 1. The maximum Gasteiger partial charge on any atom is 0.132 e. The van der Waals surface area contributed by atoms with Crippen LogP contribution in [-0.2, 0) is 0 Å². The van der Waals surface area contributed by atoms with Crippen molar-refractivity contribution in [2.24, 2.45) is 0 Å². The summed E-state index contributed by atoms with van der Waals surface area (Å²) in [5, 5.41) is 3.61. The minimum atomic E-state index is 0. The zero-order chi connectivity index (χ0) is 14.1. The molecule has 2 atom stereocenters. The molecule has 0 spiro atoms. The average Bonchev–Trinajstić information content (AvgIpc) is 3.03. The van der Waals surface area contributed by atoms with Crippen molar-refractivity contribution in [1.82, 2.24) is 20.3 Å². The first-order valence-corrected chi connectivity index (χ1v) is 7.48. The SMILES string of the molecule is Cl.c1ccc(C2CC(c3ncc4[nH]ccc4n3)CCN2)cc1. The van der Waals surface area contributed by atoms with Gasteiger partial charge in [-0.15, -0.1) is 12.4 Å². The molecule has 2 N–H and O–H groups in total. The van der Waals surface area contributed by atoms with Crippen molar-refractivity contribution in [2.45, 2.75) is 24.8 Å². The van der Waals surface area contributed by atoms with E-state index in [0.717, 1.165) is 36.2 Å². The van der Waals surface area contributed by atoms with Crippen LogP contribution in [0.5, 0.6) is 0 Å². The van der Waals surface area contributed by atoms with Gasteiger partial charge < -0.3 is 10.3 Å². The Hall–Kier alpha value is -1.91. The predicted octanol–water partition coefficient (Wildman–Crippen LogP) is 3.59. The highest BCUT2D eigenvalue weighted by Gasteiger charge is 2.25. The number of hydrogen-bond acceptors (Lipinski definition) is 3. The van der Waals surface area contributed by atoms with Crippen molar-refractivity contribution < 1.29 is 0 Å². The quantitative estimate of drug-likeness (QED) is 0.760. The van der Waals surface area contributed by atoms with Crippen molar-refractivity contribution >= 4 is 23.4 Å². The fourth-order valence-corrected chi connectivity index (χ4v) is 3.15. The summed E-state index contributed by atoms with van der Waals surface area (Å²) in [6.45, 7) is 1.01. The summed E-state index contributed by atoms with van der Waals surface area (Å²) in [6.07, 6.45) is 5.97. The maximum atomic E-state index is 4.72. The van der Waals surface area contributed by atoms with Crippen LogP contribution in [0.4, 0.5) is 0 Å². The van der Waals surface area contributed by atoms with Gasteiger partial charge in [0, 0.05) is 18.2 Å². The Balaban J connectivity index is 0.00000144. The molecule has 3 heterocycles. The Labute approximate surface area is 135 Å². The molecular weight excluding hydrogens is 296 g/mol.